The third-order valence-corrected chi connectivity index (χ3v) is 3.52. The van der Waals surface area contributed by atoms with E-state index in [9.17, 15) is 14.7 Å². The SMILES string of the molecule is CC(=O)CC1(O)C=C(C(C)(C)C)C=C(C(C)(C)C)C1=O. The summed E-state index contributed by atoms with van der Waals surface area (Å²) < 4.78 is 0. The third-order valence-electron chi connectivity index (χ3n) is 3.52. The number of hydrogen-bond donors (Lipinski definition) is 1. The molecule has 1 aliphatic carbocycles. The zero-order chi connectivity index (χ0) is 15.9. The van der Waals surface area contributed by atoms with E-state index in [-0.39, 0.29) is 28.8 Å². The highest BCUT2D eigenvalue weighted by Gasteiger charge is 2.44. The molecule has 0 fully saturated rings. The number of carbonyl (C=O) groups excluding carboxylic acids is 2. The molecule has 0 saturated carbocycles. The predicted molar refractivity (Wildman–Crippen MR) is 80.3 cm³/mol. The number of allylic oxidation sites excluding steroid dienone is 2. The molecule has 20 heavy (non-hydrogen) atoms. The highest BCUT2D eigenvalue weighted by molar-refractivity contribution is 6.07. The number of hydrogen-bond acceptors (Lipinski definition) is 3. The fourth-order valence-electron chi connectivity index (χ4n) is 2.32. The summed E-state index contributed by atoms with van der Waals surface area (Å²) in [6, 6.07) is 0. The van der Waals surface area contributed by atoms with Gasteiger partial charge >= 0.3 is 0 Å². The lowest BCUT2D eigenvalue weighted by Gasteiger charge is -2.36. The molecule has 0 amide bonds. The first-order valence-corrected chi connectivity index (χ1v) is 6.99. The van der Waals surface area contributed by atoms with Gasteiger partial charge in [0.05, 0.1) is 0 Å². The van der Waals surface area contributed by atoms with Crippen LogP contribution in [0, 0.1) is 10.8 Å². The van der Waals surface area contributed by atoms with Crippen LogP contribution in [0.25, 0.3) is 0 Å². The van der Waals surface area contributed by atoms with Gasteiger partial charge in [-0.15, -0.1) is 0 Å². The zero-order valence-electron chi connectivity index (χ0n) is 13.6. The lowest BCUT2D eigenvalue weighted by molar-refractivity contribution is -0.135. The van der Waals surface area contributed by atoms with Crippen LogP contribution in [-0.4, -0.2) is 22.3 Å². The summed E-state index contributed by atoms with van der Waals surface area (Å²) in [5.74, 6) is -0.547. The average Bonchev–Trinajstić information content (AvgIpc) is 2.17. The van der Waals surface area contributed by atoms with Crippen LogP contribution in [-0.2, 0) is 9.59 Å². The Hall–Kier alpha value is -1.22. The molecule has 1 N–H and O–H groups in total. The van der Waals surface area contributed by atoms with Crippen molar-refractivity contribution < 1.29 is 14.7 Å². The zero-order valence-corrected chi connectivity index (χ0v) is 13.6. The summed E-state index contributed by atoms with van der Waals surface area (Å²) in [5.41, 5.74) is -0.792. The summed E-state index contributed by atoms with van der Waals surface area (Å²) in [6.45, 7) is 13.3. The largest absolute Gasteiger partial charge is 0.377 e. The van der Waals surface area contributed by atoms with Crippen molar-refractivity contribution in [3.8, 4) is 0 Å². The normalized spacial score (nSPS) is 24.3. The molecule has 0 aliphatic heterocycles. The fraction of sp³-hybridized carbons (Fsp3) is 0.647. The van der Waals surface area contributed by atoms with Crippen molar-refractivity contribution in [2.24, 2.45) is 10.8 Å². The Kier molecular flexibility index (Phi) is 4.17. The maximum absolute atomic E-state index is 12.6. The van der Waals surface area contributed by atoms with Crippen molar-refractivity contribution in [1.29, 1.82) is 0 Å². The summed E-state index contributed by atoms with van der Waals surface area (Å²) in [5, 5.41) is 10.7. The molecule has 1 atom stereocenters. The first-order chi connectivity index (χ1) is 8.77. The first-order valence-electron chi connectivity index (χ1n) is 6.99. The monoisotopic (exact) mass is 278 g/mol. The molecule has 0 aromatic heterocycles. The number of ketones is 2. The van der Waals surface area contributed by atoms with E-state index in [1.54, 1.807) is 6.08 Å². The lowest BCUT2D eigenvalue weighted by atomic mass is 9.69. The number of Topliss-reactive ketones (excluding diaryl/α,β-unsaturated/α-hetero) is 2. The molecule has 0 radical (unpaired) electrons. The van der Waals surface area contributed by atoms with Crippen LogP contribution in [0.3, 0.4) is 0 Å². The van der Waals surface area contributed by atoms with Crippen molar-refractivity contribution in [2.75, 3.05) is 0 Å². The lowest BCUT2D eigenvalue weighted by Crippen LogP contribution is -2.44. The topological polar surface area (TPSA) is 54.4 Å². The van der Waals surface area contributed by atoms with Gasteiger partial charge in [0.15, 0.2) is 11.4 Å². The van der Waals surface area contributed by atoms with Crippen LogP contribution in [0.4, 0.5) is 0 Å². The standard InChI is InChI=1S/C17H26O3/c1-11(18)9-17(20)10-12(15(2,3)4)8-13(14(17)19)16(5,6)7/h8,10,20H,9H2,1-7H3. The van der Waals surface area contributed by atoms with Gasteiger partial charge in [0.2, 0.25) is 0 Å². The first kappa shape index (κ1) is 16.8. The van der Waals surface area contributed by atoms with Gasteiger partial charge in [0.1, 0.15) is 5.78 Å². The summed E-state index contributed by atoms with van der Waals surface area (Å²) >= 11 is 0. The van der Waals surface area contributed by atoms with Crippen LogP contribution in [0.1, 0.15) is 54.9 Å². The van der Waals surface area contributed by atoms with Gasteiger partial charge in [0.25, 0.3) is 0 Å². The van der Waals surface area contributed by atoms with Gasteiger partial charge in [-0.3, -0.25) is 9.59 Å². The molecule has 0 spiro atoms. The molecule has 0 aromatic carbocycles. The summed E-state index contributed by atoms with van der Waals surface area (Å²) in [6.07, 6.45) is 3.27. The van der Waals surface area contributed by atoms with E-state index in [1.807, 2.05) is 47.6 Å². The summed E-state index contributed by atoms with van der Waals surface area (Å²) in [7, 11) is 0. The van der Waals surface area contributed by atoms with E-state index in [0.29, 0.717) is 5.57 Å². The average molecular weight is 278 g/mol. The Labute approximate surface area is 121 Å². The number of rotatable bonds is 2. The van der Waals surface area contributed by atoms with Crippen molar-refractivity contribution >= 4 is 11.6 Å². The van der Waals surface area contributed by atoms with Gasteiger partial charge in [0, 0.05) is 12.0 Å². The molecule has 3 nitrogen and oxygen atoms in total. The highest BCUT2D eigenvalue weighted by Crippen LogP contribution is 2.40. The minimum atomic E-state index is -1.70. The molecular formula is C17H26O3. The van der Waals surface area contributed by atoms with Crippen LogP contribution in [0.15, 0.2) is 23.3 Å². The van der Waals surface area contributed by atoms with Gasteiger partial charge in [-0.1, -0.05) is 47.6 Å². The number of carbonyl (C=O) groups is 2. The third kappa shape index (κ3) is 3.45. The quantitative estimate of drug-likeness (QED) is 0.843. The fourth-order valence-corrected chi connectivity index (χ4v) is 2.32. The van der Waals surface area contributed by atoms with Crippen LogP contribution in [0.2, 0.25) is 0 Å². The van der Waals surface area contributed by atoms with E-state index in [2.05, 4.69) is 0 Å². The van der Waals surface area contributed by atoms with Crippen LogP contribution < -0.4 is 0 Å². The smallest absolute Gasteiger partial charge is 0.195 e. The van der Waals surface area contributed by atoms with E-state index in [1.165, 1.54) is 6.92 Å². The van der Waals surface area contributed by atoms with E-state index in [0.717, 1.165) is 5.57 Å². The highest BCUT2D eigenvalue weighted by atomic mass is 16.3. The molecule has 1 aliphatic rings. The van der Waals surface area contributed by atoms with Crippen LogP contribution in [0.5, 0.6) is 0 Å². The molecule has 0 heterocycles. The van der Waals surface area contributed by atoms with E-state index >= 15 is 0 Å². The Balaban J connectivity index is 3.45. The minimum Gasteiger partial charge on any atom is -0.377 e. The van der Waals surface area contributed by atoms with Crippen molar-refractivity contribution in [3.05, 3.63) is 23.3 Å². The molecular weight excluding hydrogens is 252 g/mol. The summed E-state index contributed by atoms with van der Waals surface area (Å²) in [4.78, 5) is 24.0. The Bertz CT molecular complexity index is 495. The predicted octanol–water partition coefficient (Wildman–Crippen LogP) is 3.22. The van der Waals surface area contributed by atoms with Crippen molar-refractivity contribution in [2.45, 2.75) is 60.5 Å². The molecule has 1 rings (SSSR count). The van der Waals surface area contributed by atoms with Gasteiger partial charge in [-0.25, -0.2) is 0 Å². The van der Waals surface area contributed by atoms with Gasteiger partial charge < -0.3 is 5.11 Å². The molecule has 112 valence electrons. The Morgan fingerprint density at radius 3 is 2.00 bits per heavy atom. The van der Waals surface area contributed by atoms with E-state index < -0.39 is 5.60 Å². The van der Waals surface area contributed by atoms with Crippen molar-refractivity contribution in [1.82, 2.24) is 0 Å². The molecule has 0 saturated heterocycles. The van der Waals surface area contributed by atoms with Crippen molar-refractivity contribution in [3.63, 3.8) is 0 Å². The van der Waals surface area contributed by atoms with Crippen LogP contribution >= 0.6 is 0 Å². The minimum absolute atomic E-state index is 0.168. The molecule has 0 aromatic rings. The molecule has 3 heteroatoms. The number of aliphatic hydroxyl groups is 1. The van der Waals surface area contributed by atoms with Gasteiger partial charge in [-0.2, -0.15) is 0 Å². The Morgan fingerprint density at radius 1 is 1.15 bits per heavy atom. The molecule has 1 unspecified atom stereocenters. The van der Waals surface area contributed by atoms with Gasteiger partial charge in [-0.05, 0) is 29.4 Å². The second kappa shape index (κ2) is 4.96. The van der Waals surface area contributed by atoms with E-state index in [4.69, 9.17) is 0 Å². The second-order valence-corrected chi connectivity index (χ2v) is 7.79. The maximum atomic E-state index is 12.6. The Morgan fingerprint density at radius 2 is 1.65 bits per heavy atom. The molecule has 0 bridgehead atoms. The second-order valence-electron chi connectivity index (χ2n) is 7.79. The maximum Gasteiger partial charge on any atom is 0.195 e.